The zero-order valence-electron chi connectivity index (χ0n) is 12.9. The Bertz CT molecular complexity index is 402. The summed E-state index contributed by atoms with van der Waals surface area (Å²) in [6.07, 6.45) is 2.26. The Morgan fingerprint density at radius 3 is 2.80 bits per heavy atom. The second-order valence-corrected chi connectivity index (χ2v) is 7.25. The van der Waals surface area contributed by atoms with Gasteiger partial charge < -0.3 is 10.0 Å². The van der Waals surface area contributed by atoms with Crippen LogP contribution in [0.4, 0.5) is 0 Å². The molecule has 0 saturated carbocycles. The maximum absolute atomic E-state index is 10.2. The van der Waals surface area contributed by atoms with E-state index in [0.717, 1.165) is 42.8 Å². The number of nitrogens with zero attached hydrogens (tertiary/aromatic N) is 3. The molecule has 1 unspecified atom stereocenters. The van der Waals surface area contributed by atoms with Gasteiger partial charge in [-0.25, -0.2) is 4.98 Å². The summed E-state index contributed by atoms with van der Waals surface area (Å²) < 4.78 is 0. The van der Waals surface area contributed by atoms with Gasteiger partial charge in [-0.05, 0) is 45.8 Å². The molecule has 4 nitrogen and oxygen atoms in total. The van der Waals surface area contributed by atoms with Crippen molar-refractivity contribution in [1.29, 1.82) is 0 Å². The SMILES string of the molecule is Cc1nc(CN(C)CC(O)CN2CCC(C)CC2)cs1. The van der Waals surface area contributed by atoms with Crippen LogP contribution in [0.25, 0.3) is 0 Å². The summed E-state index contributed by atoms with van der Waals surface area (Å²) in [6, 6.07) is 0. The molecule has 2 rings (SSSR count). The van der Waals surface area contributed by atoms with Gasteiger partial charge in [-0.15, -0.1) is 11.3 Å². The van der Waals surface area contributed by atoms with E-state index >= 15 is 0 Å². The Morgan fingerprint density at radius 2 is 2.20 bits per heavy atom. The molecule has 0 aromatic carbocycles. The molecule has 2 heterocycles. The highest BCUT2D eigenvalue weighted by molar-refractivity contribution is 7.09. The Kier molecular flexibility index (Phi) is 5.96. The summed E-state index contributed by atoms with van der Waals surface area (Å²) in [5, 5.41) is 13.4. The number of aliphatic hydroxyl groups excluding tert-OH is 1. The van der Waals surface area contributed by atoms with Crippen LogP contribution in [0.5, 0.6) is 0 Å². The van der Waals surface area contributed by atoms with Crippen LogP contribution < -0.4 is 0 Å². The lowest BCUT2D eigenvalue weighted by Gasteiger charge is -2.32. The highest BCUT2D eigenvalue weighted by atomic mass is 32.1. The Balaban J connectivity index is 1.69. The topological polar surface area (TPSA) is 39.6 Å². The molecule has 1 atom stereocenters. The second-order valence-electron chi connectivity index (χ2n) is 6.19. The van der Waals surface area contributed by atoms with Crippen molar-refractivity contribution in [2.75, 3.05) is 33.2 Å². The fourth-order valence-corrected chi connectivity index (χ4v) is 3.39. The van der Waals surface area contributed by atoms with E-state index in [1.54, 1.807) is 11.3 Å². The molecule has 1 fully saturated rings. The fourth-order valence-electron chi connectivity index (χ4n) is 2.78. The van der Waals surface area contributed by atoms with E-state index in [1.807, 2.05) is 6.92 Å². The number of aryl methyl sites for hydroxylation is 1. The molecular formula is C15H27N3OS. The number of hydrogen-bond acceptors (Lipinski definition) is 5. The molecule has 1 aliphatic heterocycles. The van der Waals surface area contributed by atoms with Gasteiger partial charge in [-0.3, -0.25) is 4.90 Å². The summed E-state index contributed by atoms with van der Waals surface area (Å²) in [5.74, 6) is 0.846. The van der Waals surface area contributed by atoms with Crippen LogP contribution in [0.1, 0.15) is 30.5 Å². The Labute approximate surface area is 126 Å². The number of β-amino-alcohol motifs (C(OH)–C–C–N with tert-alkyl or cyclic N) is 1. The van der Waals surface area contributed by atoms with E-state index in [4.69, 9.17) is 0 Å². The van der Waals surface area contributed by atoms with Crippen LogP contribution in [0.3, 0.4) is 0 Å². The van der Waals surface area contributed by atoms with Crippen molar-refractivity contribution in [3.8, 4) is 0 Å². The number of piperidine rings is 1. The van der Waals surface area contributed by atoms with Crippen LogP contribution in [0, 0.1) is 12.8 Å². The quantitative estimate of drug-likeness (QED) is 0.871. The highest BCUT2D eigenvalue weighted by Gasteiger charge is 2.19. The number of thiazole rings is 1. The van der Waals surface area contributed by atoms with Crippen molar-refractivity contribution in [3.05, 3.63) is 16.1 Å². The Hall–Kier alpha value is -0.490. The third-order valence-electron chi connectivity index (χ3n) is 3.97. The maximum Gasteiger partial charge on any atom is 0.0897 e. The first kappa shape index (κ1) is 15.9. The number of hydrogen-bond donors (Lipinski definition) is 1. The number of aromatic nitrogens is 1. The number of rotatable bonds is 6. The summed E-state index contributed by atoms with van der Waals surface area (Å²) in [5.41, 5.74) is 1.11. The molecule has 0 bridgehead atoms. The molecule has 1 N–H and O–H groups in total. The highest BCUT2D eigenvalue weighted by Crippen LogP contribution is 2.16. The molecule has 20 heavy (non-hydrogen) atoms. The minimum Gasteiger partial charge on any atom is -0.390 e. The first-order valence-electron chi connectivity index (χ1n) is 7.53. The summed E-state index contributed by atoms with van der Waals surface area (Å²) in [6.45, 7) is 8.94. The fraction of sp³-hybridized carbons (Fsp3) is 0.800. The van der Waals surface area contributed by atoms with Gasteiger partial charge >= 0.3 is 0 Å². The van der Waals surface area contributed by atoms with Crippen molar-refractivity contribution >= 4 is 11.3 Å². The first-order valence-corrected chi connectivity index (χ1v) is 8.41. The zero-order chi connectivity index (χ0) is 14.5. The minimum atomic E-state index is -0.270. The van der Waals surface area contributed by atoms with Gasteiger partial charge in [0.25, 0.3) is 0 Å². The predicted octanol–water partition coefficient (Wildman–Crippen LogP) is 1.98. The van der Waals surface area contributed by atoms with Crippen LogP contribution in [0.2, 0.25) is 0 Å². The van der Waals surface area contributed by atoms with Crippen LogP contribution in [-0.2, 0) is 6.54 Å². The van der Waals surface area contributed by atoms with Gasteiger partial charge in [0.1, 0.15) is 0 Å². The van der Waals surface area contributed by atoms with Crippen LogP contribution in [-0.4, -0.2) is 59.2 Å². The zero-order valence-corrected chi connectivity index (χ0v) is 13.7. The largest absolute Gasteiger partial charge is 0.390 e. The van der Waals surface area contributed by atoms with E-state index in [-0.39, 0.29) is 6.10 Å². The van der Waals surface area contributed by atoms with Gasteiger partial charge in [0.2, 0.25) is 0 Å². The molecule has 114 valence electrons. The van der Waals surface area contributed by atoms with Gasteiger partial charge in [0.05, 0.1) is 16.8 Å². The van der Waals surface area contributed by atoms with Crippen LogP contribution >= 0.6 is 11.3 Å². The summed E-state index contributed by atoms with van der Waals surface area (Å²) >= 11 is 1.69. The van der Waals surface area contributed by atoms with E-state index < -0.39 is 0 Å². The third-order valence-corrected chi connectivity index (χ3v) is 4.79. The van der Waals surface area contributed by atoms with E-state index in [0.29, 0.717) is 6.54 Å². The molecule has 1 aromatic heterocycles. The molecule has 1 aliphatic rings. The average molecular weight is 297 g/mol. The molecular weight excluding hydrogens is 270 g/mol. The lowest BCUT2D eigenvalue weighted by atomic mass is 9.99. The van der Waals surface area contributed by atoms with Crippen LogP contribution in [0.15, 0.2) is 5.38 Å². The predicted molar refractivity (Wildman–Crippen MR) is 84.0 cm³/mol. The van der Waals surface area contributed by atoms with Crippen molar-refractivity contribution in [3.63, 3.8) is 0 Å². The number of likely N-dealkylation sites (N-methyl/N-ethyl adjacent to an activating group) is 1. The third kappa shape index (κ3) is 5.13. The molecule has 0 aliphatic carbocycles. The molecule has 5 heteroatoms. The standard InChI is InChI=1S/C15H27N3OS/c1-12-4-6-18(7-5-12)10-15(19)9-17(3)8-14-11-20-13(2)16-14/h11-12,15,19H,4-10H2,1-3H3. The van der Waals surface area contributed by atoms with Gasteiger partial charge in [0, 0.05) is 25.0 Å². The van der Waals surface area contributed by atoms with Crippen molar-refractivity contribution < 1.29 is 5.11 Å². The normalized spacial score (nSPS) is 19.6. The van der Waals surface area contributed by atoms with Gasteiger partial charge in [0.15, 0.2) is 0 Å². The van der Waals surface area contributed by atoms with E-state index in [2.05, 4.69) is 34.1 Å². The van der Waals surface area contributed by atoms with Crippen molar-refractivity contribution in [1.82, 2.24) is 14.8 Å². The maximum atomic E-state index is 10.2. The lowest BCUT2D eigenvalue weighted by molar-refractivity contribution is 0.0660. The second kappa shape index (κ2) is 7.50. The molecule has 1 saturated heterocycles. The van der Waals surface area contributed by atoms with Gasteiger partial charge in [-0.2, -0.15) is 0 Å². The molecule has 0 amide bonds. The first-order chi connectivity index (χ1) is 9.52. The number of aliphatic hydroxyl groups is 1. The van der Waals surface area contributed by atoms with Crippen molar-refractivity contribution in [2.24, 2.45) is 5.92 Å². The molecule has 0 radical (unpaired) electrons. The lowest BCUT2D eigenvalue weighted by Crippen LogP contribution is -2.42. The molecule has 0 spiro atoms. The molecule has 1 aromatic rings. The van der Waals surface area contributed by atoms with Crippen molar-refractivity contribution in [2.45, 2.75) is 39.3 Å². The summed E-state index contributed by atoms with van der Waals surface area (Å²) in [4.78, 5) is 9.02. The number of likely N-dealkylation sites (tertiary alicyclic amines) is 1. The monoisotopic (exact) mass is 297 g/mol. The van der Waals surface area contributed by atoms with Gasteiger partial charge in [-0.1, -0.05) is 6.92 Å². The Morgan fingerprint density at radius 1 is 1.50 bits per heavy atom. The van der Waals surface area contributed by atoms with E-state index in [1.165, 1.54) is 12.8 Å². The van der Waals surface area contributed by atoms with E-state index in [9.17, 15) is 5.11 Å². The minimum absolute atomic E-state index is 0.270. The smallest absolute Gasteiger partial charge is 0.0897 e. The average Bonchev–Trinajstić information content (AvgIpc) is 2.77. The summed E-state index contributed by atoms with van der Waals surface area (Å²) in [7, 11) is 2.05.